The number of nitrogens with zero attached hydrogens (tertiary/aromatic N) is 2. The molecule has 0 aliphatic carbocycles. The summed E-state index contributed by atoms with van der Waals surface area (Å²) in [6.07, 6.45) is 3.49. The molecule has 4 N–H and O–H groups in total. The molecule has 2 rings (SSSR count). The molecule has 0 saturated carbocycles. The summed E-state index contributed by atoms with van der Waals surface area (Å²) in [6, 6.07) is 8.52. The fourth-order valence-corrected chi connectivity index (χ4v) is 2.67. The van der Waals surface area contributed by atoms with Gasteiger partial charge in [-0.2, -0.15) is 5.10 Å². The Kier molecular flexibility index (Phi) is 6.52. The van der Waals surface area contributed by atoms with E-state index in [1.165, 1.54) is 6.33 Å². The first-order valence-electron chi connectivity index (χ1n) is 6.90. The predicted octanol–water partition coefficient (Wildman–Crippen LogP) is 2.12. The van der Waals surface area contributed by atoms with Crippen molar-refractivity contribution >= 4 is 17.4 Å². The van der Waals surface area contributed by atoms with Crippen LogP contribution in [0.15, 0.2) is 40.6 Å². The monoisotopic (exact) mass is 307 g/mol. The van der Waals surface area contributed by atoms with Crippen LogP contribution in [0, 0.1) is 0 Å². The first kappa shape index (κ1) is 15.8. The summed E-state index contributed by atoms with van der Waals surface area (Å²) >= 11 is 1.55. The molecule has 6 nitrogen and oxygen atoms in total. The van der Waals surface area contributed by atoms with Gasteiger partial charge in [-0.05, 0) is 43.7 Å². The summed E-state index contributed by atoms with van der Waals surface area (Å²) in [6.45, 7) is 1.38. The minimum absolute atomic E-state index is 0.284. The summed E-state index contributed by atoms with van der Waals surface area (Å²) in [7, 11) is 1.72. The standard InChI is InChI=1S/C14H21N5OS/c1-20-9-12(3-2-8-15)18-11-4-6-13(7-5-11)21-14-16-10-17-19-14/h4-7,10,12,18H,2-3,8-9,15H2,1H3,(H,16,17,19). The number of hydrogen-bond acceptors (Lipinski definition) is 6. The molecule has 1 unspecified atom stereocenters. The number of aromatic nitrogens is 3. The molecular weight excluding hydrogens is 286 g/mol. The van der Waals surface area contributed by atoms with Gasteiger partial charge >= 0.3 is 0 Å². The van der Waals surface area contributed by atoms with Gasteiger partial charge in [-0.1, -0.05) is 11.8 Å². The van der Waals surface area contributed by atoms with E-state index in [2.05, 4.69) is 44.8 Å². The molecule has 0 saturated heterocycles. The smallest absolute Gasteiger partial charge is 0.188 e. The molecule has 21 heavy (non-hydrogen) atoms. The Balaban J connectivity index is 1.90. The summed E-state index contributed by atoms with van der Waals surface area (Å²) < 4.78 is 5.24. The van der Waals surface area contributed by atoms with E-state index in [9.17, 15) is 0 Å². The number of nitrogens with two attached hydrogens (primary N) is 1. The SMILES string of the molecule is COCC(CCCN)Nc1ccc(Sc2ncn[nH]2)cc1. The molecule has 1 aromatic carbocycles. The van der Waals surface area contributed by atoms with Crippen molar-refractivity contribution in [2.45, 2.75) is 28.9 Å². The van der Waals surface area contributed by atoms with Crippen molar-refractivity contribution in [3.05, 3.63) is 30.6 Å². The summed E-state index contributed by atoms with van der Waals surface area (Å²) in [4.78, 5) is 5.21. The molecular formula is C14H21N5OS. The normalized spacial score (nSPS) is 12.3. The van der Waals surface area contributed by atoms with Crippen LogP contribution in [0.3, 0.4) is 0 Å². The van der Waals surface area contributed by atoms with Gasteiger partial charge in [-0.3, -0.25) is 5.10 Å². The van der Waals surface area contributed by atoms with Crippen molar-refractivity contribution in [3.63, 3.8) is 0 Å². The van der Waals surface area contributed by atoms with Crippen LogP contribution in [-0.4, -0.2) is 41.5 Å². The maximum absolute atomic E-state index is 5.57. The van der Waals surface area contributed by atoms with E-state index >= 15 is 0 Å². The molecule has 0 aliphatic rings. The molecule has 0 aliphatic heterocycles. The van der Waals surface area contributed by atoms with Gasteiger partial charge in [0.05, 0.1) is 6.61 Å². The summed E-state index contributed by atoms with van der Waals surface area (Å²) in [5.74, 6) is 0. The molecule has 1 atom stereocenters. The van der Waals surface area contributed by atoms with Gasteiger partial charge in [0.25, 0.3) is 0 Å². The van der Waals surface area contributed by atoms with Crippen molar-refractivity contribution in [1.29, 1.82) is 0 Å². The molecule has 114 valence electrons. The van der Waals surface area contributed by atoms with Gasteiger partial charge in [0.1, 0.15) is 6.33 Å². The van der Waals surface area contributed by atoms with Crippen LogP contribution >= 0.6 is 11.8 Å². The maximum Gasteiger partial charge on any atom is 0.188 e. The molecule has 0 amide bonds. The molecule has 2 aromatic rings. The summed E-state index contributed by atoms with van der Waals surface area (Å²) in [5, 5.41) is 10.9. The molecule has 7 heteroatoms. The van der Waals surface area contributed by atoms with Crippen LogP contribution in [0.2, 0.25) is 0 Å². The van der Waals surface area contributed by atoms with Crippen molar-refractivity contribution < 1.29 is 4.74 Å². The average Bonchev–Trinajstić information content (AvgIpc) is 3.00. The minimum atomic E-state index is 0.284. The molecule has 1 heterocycles. The number of hydrogen-bond donors (Lipinski definition) is 3. The number of ether oxygens (including phenoxy) is 1. The highest BCUT2D eigenvalue weighted by atomic mass is 32.2. The number of anilines is 1. The fourth-order valence-electron chi connectivity index (χ4n) is 1.97. The Hall–Kier alpha value is -1.57. The first-order chi connectivity index (χ1) is 10.3. The molecule has 0 bridgehead atoms. The van der Waals surface area contributed by atoms with Crippen molar-refractivity contribution in [2.75, 3.05) is 25.6 Å². The highest BCUT2D eigenvalue weighted by Crippen LogP contribution is 2.25. The van der Waals surface area contributed by atoms with E-state index in [-0.39, 0.29) is 6.04 Å². The number of H-pyrrole nitrogens is 1. The summed E-state index contributed by atoms with van der Waals surface area (Å²) in [5.41, 5.74) is 6.64. The van der Waals surface area contributed by atoms with Crippen molar-refractivity contribution in [3.8, 4) is 0 Å². The van der Waals surface area contributed by atoms with Gasteiger partial charge in [-0.25, -0.2) is 4.98 Å². The second-order valence-electron chi connectivity index (χ2n) is 4.64. The quantitative estimate of drug-likeness (QED) is 0.657. The van der Waals surface area contributed by atoms with Crippen molar-refractivity contribution in [1.82, 2.24) is 15.2 Å². The lowest BCUT2D eigenvalue weighted by Gasteiger charge is -2.19. The zero-order valence-corrected chi connectivity index (χ0v) is 12.9. The Labute approximate surface area is 128 Å². The molecule has 1 aromatic heterocycles. The number of aromatic amines is 1. The van der Waals surface area contributed by atoms with Crippen LogP contribution in [0.1, 0.15) is 12.8 Å². The first-order valence-corrected chi connectivity index (χ1v) is 7.72. The zero-order chi connectivity index (χ0) is 14.9. The van der Waals surface area contributed by atoms with Crippen LogP contribution in [-0.2, 0) is 4.74 Å². The fraction of sp³-hybridized carbons (Fsp3) is 0.429. The van der Waals surface area contributed by atoms with Gasteiger partial charge in [0.2, 0.25) is 0 Å². The van der Waals surface area contributed by atoms with E-state index in [0.717, 1.165) is 28.6 Å². The lowest BCUT2D eigenvalue weighted by molar-refractivity contribution is 0.182. The lowest BCUT2D eigenvalue weighted by Crippen LogP contribution is -2.25. The number of nitrogens with one attached hydrogen (secondary N) is 2. The Morgan fingerprint density at radius 3 is 2.81 bits per heavy atom. The van der Waals surface area contributed by atoms with Crippen LogP contribution in [0.5, 0.6) is 0 Å². The third-order valence-electron chi connectivity index (χ3n) is 2.96. The zero-order valence-electron chi connectivity index (χ0n) is 12.1. The second-order valence-corrected chi connectivity index (χ2v) is 5.71. The maximum atomic E-state index is 5.57. The van der Waals surface area contributed by atoms with Crippen LogP contribution < -0.4 is 11.1 Å². The Bertz CT molecular complexity index is 503. The van der Waals surface area contributed by atoms with E-state index in [0.29, 0.717) is 13.2 Å². The molecule has 0 fully saturated rings. The molecule has 0 radical (unpaired) electrons. The van der Waals surface area contributed by atoms with E-state index in [4.69, 9.17) is 10.5 Å². The van der Waals surface area contributed by atoms with E-state index < -0.39 is 0 Å². The lowest BCUT2D eigenvalue weighted by atomic mass is 10.1. The van der Waals surface area contributed by atoms with Crippen LogP contribution in [0.25, 0.3) is 0 Å². The second kappa shape index (κ2) is 8.66. The van der Waals surface area contributed by atoms with E-state index in [1.54, 1.807) is 18.9 Å². The highest BCUT2D eigenvalue weighted by molar-refractivity contribution is 7.99. The topological polar surface area (TPSA) is 88.8 Å². The highest BCUT2D eigenvalue weighted by Gasteiger charge is 2.08. The third-order valence-corrected chi connectivity index (χ3v) is 3.86. The number of rotatable bonds is 9. The Morgan fingerprint density at radius 2 is 2.19 bits per heavy atom. The third kappa shape index (κ3) is 5.37. The predicted molar refractivity (Wildman–Crippen MR) is 84.5 cm³/mol. The number of methoxy groups -OCH3 is 1. The Morgan fingerprint density at radius 1 is 1.38 bits per heavy atom. The largest absolute Gasteiger partial charge is 0.383 e. The molecule has 0 spiro atoms. The van der Waals surface area contributed by atoms with Crippen molar-refractivity contribution in [2.24, 2.45) is 5.73 Å². The van der Waals surface area contributed by atoms with Gasteiger partial charge < -0.3 is 15.8 Å². The number of benzene rings is 1. The van der Waals surface area contributed by atoms with Gasteiger partial charge in [0, 0.05) is 23.7 Å². The van der Waals surface area contributed by atoms with Crippen LogP contribution in [0.4, 0.5) is 5.69 Å². The van der Waals surface area contributed by atoms with Gasteiger partial charge in [-0.15, -0.1) is 0 Å². The van der Waals surface area contributed by atoms with E-state index in [1.807, 2.05) is 0 Å². The minimum Gasteiger partial charge on any atom is -0.383 e. The average molecular weight is 307 g/mol. The van der Waals surface area contributed by atoms with Gasteiger partial charge in [0.15, 0.2) is 5.16 Å².